The molecule has 0 radical (unpaired) electrons. The molecular formula is C22H29BF4O. The van der Waals surface area contributed by atoms with Gasteiger partial charge in [0.1, 0.15) is 0 Å². The van der Waals surface area contributed by atoms with E-state index >= 15 is 0 Å². The molecule has 28 heavy (non-hydrogen) atoms. The van der Waals surface area contributed by atoms with E-state index in [1.165, 1.54) is 16.7 Å². The molecular weight excluding hydrogens is 367 g/mol. The summed E-state index contributed by atoms with van der Waals surface area (Å²) in [6.07, 6.45) is 4.33. The number of rotatable bonds is 2. The summed E-state index contributed by atoms with van der Waals surface area (Å²) in [6, 6.07) is 12.9. The van der Waals surface area contributed by atoms with Crippen LogP contribution in [0.25, 0.3) is 12.2 Å². The summed E-state index contributed by atoms with van der Waals surface area (Å²) < 4.78 is 45.2. The molecule has 0 aliphatic heterocycles. The lowest BCUT2D eigenvalue weighted by Crippen LogP contribution is -2.16. The zero-order chi connectivity index (χ0) is 21.8. The molecule has 2 aromatic rings. The van der Waals surface area contributed by atoms with Gasteiger partial charge in [-0.3, -0.25) is 0 Å². The monoisotopic (exact) mass is 396 g/mol. The fourth-order valence-electron chi connectivity index (χ4n) is 2.23. The quantitative estimate of drug-likeness (QED) is 0.285. The van der Waals surface area contributed by atoms with Crippen LogP contribution in [0.4, 0.5) is 17.3 Å². The Bertz CT molecular complexity index is 757. The fraction of sp³-hybridized carbons (Fsp3) is 0.409. The van der Waals surface area contributed by atoms with Crippen molar-refractivity contribution in [3.8, 4) is 0 Å². The van der Waals surface area contributed by atoms with Crippen molar-refractivity contribution in [1.29, 1.82) is 0 Å². The summed E-state index contributed by atoms with van der Waals surface area (Å²) in [5.41, 5.74) is 3.67. The zero-order valence-corrected chi connectivity index (χ0v) is 17.6. The van der Waals surface area contributed by atoms with Crippen molar-refractivity contribution >= 4 is 19.4 Å². The largest absolute Gasteiger partial charge is 0.673 e. The van der Waals surface area contributed by atoms with E-state index in [9.17, 15) is 17.3 Å². The molecule has 1 nitrogen and oxygen atoms in total. The van der Waals surface area contributed by atoms with Gasteiger partial charge in [0.05, 0.1) is 10.8 Å². The molecule has 0 fully saturated rings. The van der Waals surface area contributed by atoms with Crippen molar-refractivity contribution in [2.45, 2.75) is 59.3 Å². The van der Waals surface area contributed by atoms with Crippen LogP contribution in [0.15, 0.2) is 40.8 Å². The Balaban J connectivity index is 0.000000696. The van der Waals surface area contributed by atoms with Crippen LogP contribution in [0.2, 0.25) is 0 Å². The fourth-order valence-corrected chi connectivity index (χ4v) is 2.23. The summed E-state index contributed by atoms with van der Waals surface area (Å²) in [5.74, 6) is 2.04. The first-order valence-corrected chi connectivity index (χ1v) is 9.17. The molecule has 0 spiro atoms. The minimum absolute atomic E-state index is 0.00624. The molecule has 1 heterocycles. The van der Waals surface area contributed by atoms with Crippen molar-refractivity contribution in [2.24, 2.45) is 0 Å². The predicted molar refractivity (Wildman–Crippen MR) is 111 cm³/mol. The van der Waals surface area contributed by atoms with E-state index in [0.717, 1.165) is 11.5 Å². The normalized spacial score (nSPS) is 12.7. The third kappa shape index (κ3) is 9.20. The molecule has 0 aliphatic carbocycles. The molecule has 0 unspecified atom stereocenters. The van der Waals surface area contributed by atoms with Gasteiger partial charge in [-0.1, -0.05) is 42.0 Å². The highest BCUT2D eigenvalue weighted by Crippen LogP contribution is 2.30. The van der Waals surface area contributed by atoms with E-state index in [1.54, 1.807) is 0 Å². The van der Waals surface area contributed by atoms with Crippen LogP contribution >= 0.6 is 0 Å². The third-order valence-corrected chi connectivity index (χ3v) is 3.84. The van der Waals surface area contributed by atoms with Crippen LogP contribution in [-0.2, 0) is 10.8 Å². The van der Waals surface area contributed by atoms with Crippen molar-refractivity contribution < 1.29 is 21.7 Å². The highest BCUT2D eigenvalue weighted by molar-refractivity contribution is 6.50. The van der Waals surface area contributed by atoms with Crippen LogP contribution in [0.3, 0.4) is 0 Å². The second-order valence-corrected chi connectivity index (χ2v) is 8.86. The van der Waals surface area contributed by atoms with Gasteiger partial charge >= 0.3 is 18.8 Å². The van der Waals surface area contributed by atoms with E-state index in [1.807, 2.05) is 0 Å². The van der Waals surface area contributed by atoms with E-state index in [0.29, 0.717) is 0 Å². The second kappa shape index (κ2) is 8.93. The summed E-state index contributed by atoms with van der Waals surface area (Å²) in [4.78, 5) is 0. The van der Waals surface area contributed by atoms with Gasteiger partial charge in [0.25, 0.3) is 0 Å². The minimum atomic E-state index is -6.00. The molecule has 0 bridgehead atoms. The Morgan fingerprint density at radius 1 is 0.714 bits per heavy atom. The van der Waals surface area contributed by atoms with Crippen LogP contribution in [0, 0.1) is 6.92 Å². The Kier molecular flexibility index (Phi) is 7.63. The van der Waals surface area contributed by atoms with Crippen molar-refractivity contribution in [2.75, 3.05) is 0 Å². The summed E-state index contributed by atoms with van der Waals surface area (Å²) >= 11 is 0. The minimum Gasteiger partial charge on any atom is -0.418 e. The molecule has 0 aliphatic rings. The summed E-state index contributed by atoms with van der Waals surface area (Å²) in [5, 5.41) is 0. The average molecular weight is 396 g/mol. The second-order valence-electron chi connectivity index (χ2n) is 8.86. The molecule has 154 valence electrons. The molecule has 0 saturated carbocycles. The Labute approximate surface area is 165 Å². The van der Waals surface area contributed by atoms with Crippen LogP contribution in [0.1, 0.15) is 69.8 Å². The maximum absolute atomic E-state index is 9.75. The first-order valence-electron chi connectivity index (χ1n) is 9.17. The number of hydrogen-bond acceptors (Lipinski definition) is 0. The lowest BCUT2D eigenvalue weighted by atomic mass is 9.88. The third-order valence-electron chi connectivity index (χ3n) is 3.84. The van der Waals surface area contributed by atoms with Crippen molar-refractivity contribution in [3.05, 3.63) is 64.6 Å². The number of aryl methyl sites for hydroxylation is 1. The number of benzene rings is 1. The molecule has 6 heteroatoms. The van der Waals surface area contributed by atoms with Gasteiger partial charge in [-0.2, -0.15) is 0 Å². The van der Waals surface area contributed by atoms with Gasteiger partial charge in [-0.25, -0.2) is 4.42 Å². The SMILES string of the molecule is Cc1ccc(C=Cc2cc(C(C)(C)C)[o+]c(C(C)(C)C)c2)cc1.F[B-](F)(F)F. The van der Waals surface area contributed by atoms with Crippen LogP contribution in [0.5, 0.6) is 0 Å². The Hall–Kier alpha value is -2.11. The molecule has 1 aromatic heterocycles. The maximum Gasteiger partial charge on any atom is 0.673 e. The van der Waals surface area contributed by atoms with E-state index in [4.69, 9.17) is 4.42 Å². The number of hydrogen-bond donors (Lipinski definition) is 0. The Morgan fingerprint density at radius 2 is 1.07 bits per heavy atom. The first kappa shape index (κ1) is 23.9. The predicted octanol–water partition coefficient (Wildman–Crippen LogP) is 7.93. The van der Waals surface area contributed by atoms with E-state index in [2.05, 4.69) is 97.0 Å². The van der Waals surface area contributed by atoms with Gasteiger partial charge in [0.2, 0.25) is 0 Å². The molecule has 0 amide bonds. The Morgan fingerprint density at radius 3 is 1.43 bits per heavy atom. The van der Waals surface area contributed by atoms with Gasteiger partial charge in [0.15, 0.2) is 0 Å². The standard InChI is InChI=1S/C22H29O.BF4/c1-16-8-10-17(11-9-16)12-13-18-14-19(21(2,3)4)23-20(15-18)22(5,6)7;2-1(3,4)5/h8-15H,1-7H3;/q+1;-1. The van der Waals surface area contributed by atoms with Gasteiger partial charge < -0.3 is 17.3 Å². The smallest absolute Gasteiger partial charge is 0.418 e. The lowest BCUT2D eigenvalue weighted by molar-refractivity contribution is 0.328. The summed E-state index contributed by atoms with van der Waals surface area (Å²) in [7, 11) is -6.00. The zero-order valence-electron chi connectivity index (χ0n) is 17.6. The van der Waals surface area contributed by atoms with Crippen LogP contribution in [-0.4, -0.2) is 7.25 Å². The highest BCUT2D eigenvalue weighted by Gasteiger charge is 2.33. The van der Waals surface area contributed by atoms with Gasteiger partial charge in [-0.05, 0) is 59.6 Å². The first-order chi connectivity index (χ1) is 12.6. The van der Waals surface area contributed by atoms with Gasteiger partial charge in [-0.15, -0.1) is 0 Å². The molecule has 0 N–H and O–H groups in total. The van der Waals surface area contributed by atoms with Gasteiger partial charge in [0, 0.05) is 12.1 Å². The van der Waals surface area contributed by atoms with E-state index in [-0.39, 0.29) is 10.8 Å². The maximum atomic E-state index is 9.75. The van der Waals surface area contributed by atoms with Crippen molar-refractivity contribution in [3.63, 3.8) is 0 Å². The highest BCUT2D eigenvalue weighted by atomic mass is 19.5. The molecule has 1 aromatic carbocycles. The topological polar surface area (TPSA) is 11.3 Å². The lowest BCUT2D eigenvalue weighted by Gasteiger charge is -2.14. The van der Waals surface area contributed by atoms with E-state index < -0.39 is 7.25 Å². The average Bonchev–Trinajstić information content (AvgIpc) is 2.51. The number of halogens is 4. The summed E-state index contributed by atoms with van der Waals surface area (Å²) in [6.45, 7) is 15.2. The molecule has 2 rings (SSSR count). The van der Waals surface area contributed by atoms with Crippen LogP contribution < -0.4 is 0 Å². The van der Waals surface area contributed by atoms with Crippen molar-refractivity contribution in [1.82, 2.24) is 0 Å². The molecule has 0 atom stereocenters. The molecule has 0 saturated heterocycles.